The summed E-state index contributed by atoms with van der Waals surface area (Å²) in [5.41, 5.74) is 2.35. The van der Waals surface area contributed by atoms with Gasteiger partial charge in [0.1, 0.15) is 0 Å². The molecule has 0 unspecified atom stereocenters. The van der Waals surface area contributed by atoms with Crippen LogP contribution in [0.2, 0.25) is 0 Å². The molecule has 15 heavy (non-hydrogen) atoms. The van der Waals surface area contributed by atoms with E-state index in [0.29, 0.717) is 0 Å². The molecule has 1 heterocycles. The first kappa shape index (κ1) is 10.2. The second-order valence-corrected chi connectivity index (χ2v) is 4.13. The van der Waals surface area contributed by atoms with E-state index in [1.54, 1.807) is 12.4 Å². The lowest BCUT2D eigenvalue weighted by Gasteiger charge is -2.05. The van der Waals surface area contributed by atoms with Crippen molar-refractivity contribution in [3.05, 3.63) is 58.8 Å². The molecule has 0 spiro atoms. The van der Waals surface area contributed by atoms with Gasteiger partial charge in [-0.1, -0.05) is 15.9 Å². The van der Waals surface area contributed by atoms with E-state index in [9.17, 15) is 0 Å². The van der Waals surface area contributed by atoms with E-state index in [2.05, 4.69) is 26.2 Å². The van der Waals surface area contributed by atoms with Gasteiger partial charge in [-0.2, -0.15) is 0 Å². The van der Waals surface area contributed by atoms with Crippen LogP contribution in [0.5, 0.6) is 0 Å². The molecule has 0 saturated heterocycles. The van der Waals surface area contributed by atoms with Crippen molar-refractivity contribution in [1.82, 2.24) is 4.98 Å². The monoisotopic (exact) mass is 262 g/mol. The molecule has 1 N–H and O–H groups in total. The fraction of sp³-hybridized carbons (Fsp3) is 0.0833. The van der Waals surface area contributed by atoms with Gasteiger partial charge in [0.15, 0.2) is 0 Å². The Kier molecular flexibility index (Phi) is 3.35. The first-order chi connectivity index (χ1) is 7.34. The highest BCUT2D eigenvalue weighted by Gasteiger charge is 1.93. The molecule has 3 heteroatoms. The molecule has 0 aliphatic rings. The smallest absolute Gasteiger partial charge is 0.0401 e. The summed E-state index contributed by atoms with van der Waals surface area (Å²) in [5.74, 6) is 0. The summed E-state index contributed by atoms with van der Waals surface area (Å²) in [6.07, 6.45) is 3.61. The highest BCUT2D eigenvalue weighted by molar-refractivity contribution is 9.10. The van der Waals surface area contributed by atoms with E-state index in [4.69, 9.17) is 0 Å². The van der Waals surface area contributed by atoms with Gasteiger partial charge in [-0.15, -0.1) is 0 Å². The van der Waals surface area contributed by atoms with Gasteiger partial charge in [-0.3, -0.25) is 4.98 Å². The standard InChI is InChI=1S/C12H11BrN2/c13-11-1-3-12(4-2-11)15-9-10-5-7-14-8-6-10/h1-8,15H,9H2. The SMILES string of the molecule is Brc1ccc(NCc2ccncc2)cc1. The van der Waals surface area contributed by atoms with Crippen LogP contribution in [0.25, 0.3) is 0 Å². The molecule has 0 aliphatic carbocycles. The van der Waals surface area contributed by atoms with Crippen molar-refractivity contribution in [2.24, 2.45) is 0 Å². The molecule has 2 nitrogen and oxygen atoms in total. The highest BCUT2D eigenvalue weighted by atomic mass is 79.9. The minimum atomic E-state index is 0.824. The van der Waals surface area contributed by atoms with Gasteiger partial charge in [0.2, 0.25) is 0 Å². The Morgan fingerprint density at radius 1 is 1.00 bits per heavy atom. The molecule has 76 valence electrons. The van der Waals surface area contributed by atoms with E-state index < -0.39 is 0 Å². The number of nitrogens with one attached hydrogen (secondary N) is 1. The number of rotatable bonds is 3. The van der Waals surface area contributed by atoms with Gasteiger partial charge in [0, 0.05) is 29.1 Å². The number of halogens is 1. The molecule has 1 aromatic carbocycles. The van der Waals surface area contributed by atoms with Crippen molar-refractivity contribution in [3.63, 3.8) is 0 Å². The maximum Gasteiger partial charge on any atom is 0.0401 e. The normalized spacial score (nSPS) is 9.93. The lowest BCUT2D eigenvalue weighted by Crippen LogP contribution is -1.98. The van der Waals surface area contributed by atoms with Crippen molar-refractivity contribution in [3.8, 4) is 0 Å². The van der Waals surface area contributed by atoms with Crippen molar-refractivity contribution < 1.29 is 0 Å². The molecular formula is C12H11BrN2. The predicted octanol–water partition coefficient (Wildman–Crippen LogP) is 3.46. The molecule has 0 fully saturated rings. The van der Waals surface area contributed by atoms with Crippen LogP contribution >= 0.6 is 15.9 Å². The Balaban J connectivity index is 1.96. The predicted molar refractivity (Wildman–Crippen MR) is 65.7 cm³/mol. The summed E-state index contributed by atoms with van der Waals surface area (Å²) in [6, 6.07) is 12.2. The van der Waals surface area contributed by atoms with E-state index in [1.165, 1.54) is 5.56 Å². The number of hydrogen-bond acceptors (Lipinski definition) is 2. The fourth-order valence-electron chi connectivity index (χ4n) is 1.27. The first-order valence-corrected chi connectivity index (χ1v) is 5.52. The van der Waals surface area contributed by atoms with Crippen molar-refractivity contribution in [2.45, 2.75) is 6.54 Å². The lowest BCUT2D eigenvalue weighted by atomic mass is 10.2. The zero-order valence-corrected chi connectivity index (χ0v) is 9.74. The van der Waals surface area contributed by atoms with E-state index in [1.807, 2.05) is 36.4 Å². The largest absolute Gasteiger partial charge is 0.381 e. The van der Waals surface area contributed by atoms with Gasteiger partial charge >= 0.3 is 0 Å². The molecule has 1 aromatic heterocycles. The van der Waals surface area contributed by atoms with Crippen molar-refractivity contribution >= 4 is 21.6 Å². The van der Waals surface area contributed by atoms with Gasteiger partial charge in [0.05, 0.1) is 0 Å². The fourth-order valence-corrected chi connectivity index (χ4v) is 1.54. The van der Waals surface area contributed by atoms with Gasteiger partial charge < -0.3 is 5.32 Å². The number of aromatic nitrogens is 1. The summed E-state index contributed by atoms with van der Waals surface area (Å²) >= 11 is 3.41. The van der Waals surface area contributed by atoms with Crippen LogP contribution in [0.15, 0.2) is 53.3 Å². The zero-order valence-electron chi connectivity index (χ0n) is 8.15. The molecule has 0 aliphatic heterocycles. The van der Waals surface area contributed by atoms with Crippen LogP contribution in [0.4, 0.5) is 5.69 Å². The Morgan fingerprint density at radius 2 is 1.67 bits per heavy atom. The van der Waals surface area contributed by atoms with Crippen LogP contribution in [0.3, 0.4) is 0 Å². The molecule has 0 atom stereocenters. The number of benzene rings is 1. The van der Waals surface area contributed by atoms with Crippen LogP contribution < -0.4 is 5.32 Å². The molecule has 2 aromatic rings. The van der Waals surface area contributed by atoms with Gasteiger partial charge in [0.25, 0.3) is 0 Å². The number of nitrogens with zero attached hydrogens (tertiary/aromatic N) is 1. The lowest BCUT2D eigenvalue weighted by molar-refractivity contribution is 1.13. The Bertz CT molecular complexity index is 411. The van der Waals surface area contributed by atoms with Crippen molar-refractivity contribution in [1.29, 1.82) is 0 Å². The summed E-state index contributed by atoms with van der Waals surface area (Å²) in [7, 11) is 0. The number of hydrogen-bond donors (Lipinski definition) is 1. The third-order valence-electron chi connectivity index (χ3n) is 2.09. The molecule has 2 rings (SSSR count). The zero-order chi connectivity index (χ0) is 10.5. The number of anilines is 1. The van der Waals surface area contributed by atoms with Gasteiger partial charge in [-0.25, -0.2) is 0 Å². The first-order valence-electron chi connectivity index (χ1n) is 4.73. The highest BCUT2D eigenvalue weighted by Crippen LogP contribution is 2.14. The second-order valence-electron chi connectivity index (χ2n) is 3.22. The van der Waals surface area contributed by atoms with Crippen LogP contribution in [0.1, 0.15) is 5.56 Å². The Hall–Kier alpha value is -1.35. The maximum atomic E-state index is 3.98. The van der Waals surface area contributed by atoms with Gasteiger partial charge in [-0.05, 0) is 42.0 Å². The molecular weight excluding hydrogens is 252 g/mol. The maximum absolute atomic E-state index is 3.98. The molecule has 0 bridgehead atoms. The topological polar surface area (TPSA) is 24.9 Å². The Labute approximate surface area is 97.5 Å². The molecule has 0 radical (unpaired) electrons. The Morgan fingerprint density at radius 3 is 2.33 bits per heavy atom. The molecule has 0 saturated carbocycles. The van der Waals surface area contributed by atoms with E-state index in [0.717, 1.165) is 16.7 Å². The minimum absolute atomic E-state index is 0.824. The minimum Gasteiger partial charge on any atom is -0.381 e. The average molecular weight is 263 g/mol. The summed E-state index contributed by atoms with van der Waals surface area (Å²) in [4.78, 5) is 3.98. The van der Waals surface area contributed by atoms with E-state index in [-0.39, 0.29) is 0 Å². The van der Waals surface area contributed by atoms with E-state index >= 15 is 0 Å². The van der Waals surface area contributed by atoms with Crippen molar-refractivity contribution in [2.75, 3.05) is 5.32 Å². The van der Waals surface area contributed by atoms with Crippen LogP contribution in [-0.4, -0.2) is 4.98 Å². The third-order valence-corrected chi connectivity index (χ3v) is 2.62. The average Bonchev–Trinajstić information content (AvgIpc) is 2.30. The third kappa shape index (κ3) is 3.06. The summed E-state index contributed by atoms with van der Waals surface area (Å²) < 4.78 is 1.09. The molecule has 0 amide bonds. The number of pyridine rings is 1. The van der Waals surface area contributed by atoms with Crippen LogP contribution in [0, 0.1) is 0 Å². The van der Waals surface area contributed by atoms with Crippen LogP contribution in [-0.2, 0) is 6.54 Å². The quantitative estimate of drug-likeness (QED) is 0.917. The summed E-state index contributed by atoms with van der Waals surface area (Å²) in [5, 5.41) is 3.34. The second kappa shape index (κ2) is 4.94. The summed E-state index contributed by atoms with van der Waals surface area (Å²) in [6.45, 7) is 0.824.